The van der Waals surface area contributed by atoms with E-state index in [-0.39, 0.29) is 38.0 Å². The highest BCUT2D eigenvalue weighted by Crippen LogP contribution is 2.43. The molecule has 3 aliphatic rings. The number of nitrogens with one attached hydrogen (secondary N) is 1. The highest BCUT2D eigenvalue weighted by atomic mass is 16.7. The molecule has 1 aromatic carbocycles. The van der Waals surface area contributed by atoms with Crippen LogP contribution in [-0.2, 0) is 52.2 Å². The Balaban J connectivity index is 1.73. The quantitative estimate of drug-likeness (QED) is 0.117. The number of pyridine rings is 1. The van der Waals surface area contributed by atoms with Crippen LogP contribution in [0.15, 0.2) is 42.6 Å². The van der Waals surface area contributed by atoms with Crippen LogP contribution >= 0.6 is 0 Å². The highest BCUT2D eigenvalue weighted by molar-refractivity contribution is 5.80. The van der Waals surface area contributed by atoms with Crippen molar-refractivity contribution in [3.05, 3.63) is 48.2 Å². The summed E-state index contributed by atoms with van der Waals surface area (Å²) in [5.41, 5.74) is -3.72. The highest BCUT2D eigenvalue weighted by Gasteiger charge is 2.55. The van der Waals surface area contributed by atoms with Gasteiger partial charge in [0.2, 0.25) is 0 Å². The number of hydrogen-bond acceptors (Lipinski definition) is 17. The Kier molecular flexibility index (Phi) is 20.7. The van der Waals surface area contributed by atoms with E-state index in [1.165, 1.54) is 21.0 Å². The smallest absolute Gasteiger partial charge is 0.407 e. The number of para-hydroxylation sites is 1. The molecule has 0 spiro atoms. The Labute approximate surface area is 439 Å². The number of aliphatic hydroxyl groups excluding tert-OH is 2. The van der Waals surface area contributed by atoms with Crippen molar-refractivity contribution < 1.29 is 72.3 Å². The molecule has 19 atom stereocenters. The van der Waals surface area contributed by atoms with E-state index >= 15 is 0 Å². The average Bonchev–Trinajstić information content (AvgIpc) is 3.32. The van der Waals surface area contributed by atoms with Gasteiger partial charge in [0.05, 0.1) is 54.2 Å². The van der Waals surface area contributed by atoms with Crippen molar-refractivity contribution >= 4 is 35.0 Å². The Hall–Kier alpha value is -3.82. The summed E-state index contributed by atoms with van der Waals surface area (Å²) in [7, 11) is 5.29. The van der Waals surface area contributed by atoms with Crippen LogP contribution in [0.1, 0.15) is 128 Å². The fourth-order valence-corrected chi connectivity index (χ4v) is 11.4. The monoisotopic (exact) mass is 1040 g/mol. The Morgan fingerprint density at radius 3 is 2.26 bits per heavy atom. The summed E-state index contributed by atoms with van der Waals surface area (Å²) in [6.07, 6.45) is -4.62. The summed E-state index contributed by atoms with van der Waals surface area (Å²) >= 11 is 0. The minimum atomic E-state index is -2.03. The fraction of sp³-hybridized carbons (Fsp3) is 0.750. The van der Waals surface area contributed by atoms with Gasteiger partial charge in [-0.2, -0.15) is 0 Å². The number of carbonyl (C=O) groups is 3. The van der Waals surface area contributed by atoms with E-state index in [2.05, 4.69) is 10.3 Å². The summed E-state index contributed by atoms with van der Waals surface area (Å²) in [6.45, 7) is 24.3. The number of aliphatic hydroxyl groups is 3. The molecular weight excluding hydrogens is 955 g/mol. The maximum atomic E-state index is 14.9. The van der Waals surface area contributed by atoms with E-state index in [1.54, 1.807) is 61.6 Å². The molecule has 0 radical (unpaired) electrons. The van der Waals surface area contributed by atoms with Crippen molar-refractivity contribution in [3.63, 3.8) is 0 Å². The molecule has 2 aromatic rings. The topological polar surface area (TPSA) is 223 Å². The molecule has 4 heterocycles. The third-order valence-corrected chi connectivity index (χ3v) is 15.5. The van der Waals surface area contributed by atoms with Gasteiger partial charge in [0.15, 0.2) is 18.7 Å². The van der Waals surface area contributed by atoms with E-state index < -0.39 is 125 Å². The normalized spacial score (nSPS) is 39.1. The maximum Gasteiger partial charge on any atom is 0.407 e. The number of rotatable bonds is 13. The van der Waals surface area contributed by atoms with E-state index in [0.29, 0.717) is 6.42 Å². The van der Waals surface area contributed by atoms with Crippen LogP contribution in [0.5, 0.6) is 0 Å². The predicted octanol–water partition coefficient (Wildman–Crippen LogP) is 6.97. The van der Waals surface area contributed by atoms with Gasteiger partial charge in [0, 0.05) is 56.0 Å². The first-order valence-corrected chi connectivity index (χ1v) is 26.4. The number of hydrogen-bond donors (Lipinski definition) is 4. The molecule has 4 N–H and O–H groups in total. The summed E-state index contributed by atoms with van der Waals surface area (Å²) in [6, 6.07) is 8.59. The predicted molar refractivity (Wildman–Crippen MR) is 278 cm³/mol. The van der Waals surface area contributed by atoms with Crippen molar-refractivity contribution in [2.75, 3.05) is 27.8 Å². The van der Waals surface area contributed by atoms with Gasteiger partial charge in [0.25, 0.3) is 0 Å². The lowest BCUT2D eigenvalue weighted by Crippen LogP contribution is -2.63. The zero-order valence-corrected chi connectivity index (χ0v) is 47.0. The van der Waals surface area contributed by atoms with Gasteiger partial charge in [-0.1, -0.05) is 58.0 Å². The van der Waals surface area contributed by atoms with Gasteiger partial charge in [-0.05, 0) is 119 Å². The van der Waals surface area contributed by atoms with Gasteiger partial charge < -0.3 is 68.2 Å². The molecule has 3 saturated heterocycles. The molecule has 0 aliphatic carbocycles. The molecule has 3 aliphatic heterocycles. The van der Waals surface area contributed by atoms with E-state index in [4.69, 9.17) is 42.6 Å². The summed E-state index contributed by atoms with van der Waals surface area (Å²) in [5.74, 6) is -4.65. The van der Waals surface area contributed by atoms with Crippen LogP contribution in [0.3, 0.4) is 0 Å². The number of alkyl carbamates (subject to hydrolysis) is 1. The van der Waals surface area contributed by atoms with Crippen molar-refractivity contribution in [3.8, 4) is 0 Å². The zero-order chi connectivity index (χ0) is 55.2. The Morgan fingerprint density at radius 1 is 0.959 bits per heavy atom. The van der Waals surface area contributed by atoms with Gasteiger partial charge in [-0.15, -0.1) is 0 Å². The molecule has 2 unspecified atom stereocenters. The Bertz CT molecular complexity index is 2200. The number of nitrogens with zero attached hydrogens (tertiary/aromatic N) is 2. The van der Waals surface area contributed by atoms with E-state index in [1.807, 2.05) is 89.2 Å². The van der Waals surface area contributed by atoms with E-state index in [9.17, 15) is 29.7 Å². The van der Waals surface area contributed by atoms with Crippen LogP contribution in [0, 0.1) is 23.7 Å². The minimum Gasteiger partial charge on any atom is -0.459 e. The number of ether oxygens (including phenoxy) is 9. The molecule has 18 nitrogen and oxygen atoms in total. The first-order chi connectivity index (χ1) is 34.4. The molecule has 0 bridgehead atoms. The molecule has 1 amide bonds. The van der Waals surface area contributed by atoms with Gasteiger partial charge in [0.1, 0.15) is 29.0 Å². The van der Waals surface area contributed by atoms with Crippen molar-refractivity contribution in [1.82, 2.24) is 15.2 Å². The summed E-state index contributed by atoms with van der Waals surface area (Å²) in [5, 5.41) is 40.8. The number of esters is 2. The summed E-state index contributed by atoms with van der Waals surface area (Å²) < 4.78 is 58.2. The number of fused-ring (bicyclic) bond motifs is 1. The van der Waals surface area contributed by atoms with Crippen molar-refractivity contribution in [1.29, 1.82) is 0 Å². The van der Waals surface area contributed by atoms with Crippen molar-refractivity contribution in [2.24, 2.45) is 23.7 Å². The lowest BCUT2D eigenvalue weighted by atomic mass is 9.72. The SMILES string of the molecule is CC[C@@H]1OC(=O)[C@H](C)[C@@H](OC2C[C@@](C)(OC)[C@@H](OC(C)=O)[C@H](C)O2)[C@H](C)[C@@H](O[C@@H]2O[C@H](C)C[C@H](N(C)C)[C@H]2O)[C@@](C)(OC/C=C\c2cnc3ccccc3c2)C[C@@H](C)C(NC(=O)OC(C)(C)C)[C@@H](C)[C@@H](O)[C@]1(C)O. The minimum absolute atomic E-state index is 0.0265. The van der Waals surface area contributed by atoms with Crippen molar-refractivity contribution in [2.45, 2.75) is 219 Å². The average molecular weight is 1040 g/mol. The number of likely N-dealkylation sites (N-methyl/N-ethyl adjacent to an activating group) is 1. The van der Waals surface area contributed by atoms with Gasteiger partial charge in [-0.3, -0.25) is 14.6 Å². The summed E-state index contributed by atoms with van der Waals surface area (Å²) in [4.78, 5) is 47.6. The first kappa shape index (κ1) is 61.0. The third kappa shape index (κ3) is 14.8. The Morgan fingerprint density at radius 2 is 1.64 bits per heavy atom. The first-order valence-electron chi connectivity index (χ1n) is 26.4. The number of carbonyl (C=O) groups excluding carboxylic acids is 3. The molecular formula is C56H89N3O15. The number of benzene rings is 1. The van der Waals surface area contributed by atoms with Crippen LogP contribution in [0.25, 0.3) is 17.0 Å². The molecule has 418 valence electrons. The second-order valence-electron chi connectivity index (χ2n) is 23.1. The molecule has 18 heteroatoms. The fourth-order valence-electron chi connectivity index (χ4n) is 11.4. The lowest BCUT2D eigenvalue weighted by molar-refractivity contribution is -0.321. The largest absolute Gasteiger partial charge is 0.459 e. The molecule has 0 saturated carbocycles. The molecule has 1 aromatic heterocycles. The molecule has 3 fully saturated rings. The number of methoxy groups -OCH3 is 1. The van der Waals surface area contributed by atoms with Crippen LogP contribution in [-0.4, -0.2) is 167 Å². The molecule has 74 heavy (non-hydrogen) atoms. The number of aromatic nitrogens is 1. The van der Waals surface area contributed by atoms with Crippen LogP contribution < -0.4 is 5.32 Å². The van der Waals surface area contributed by atoms with Gasteiger partial charge in [-0.25, -0.2) is 4.79 Å². The lowest BCUT2D eigenvalue weighted by Gasteiger charge is -2.51. The second-order valence-corrected chi connectivity index (χ2v) is 23.1. The third-order valence-electron chi connectivity index (χ3n) is 15.5. The number of amides is 1. The van der Waals surface area contributed by atoms with Gasteiger partial charge >= 0.3 is 18.0 Å². The molecule has 5 rings (SSSR count). The standard InChI is InChI=1S/C56H89N3O15/c1-18-42-56(14,65)47(62)33(4)44(58-52(64)74-53(9,10)11)31(2)28-55(13,67-25-21-22-38-27-39-23-19-20-24-40(39)57-30-38)48(73-51-45(61)41(59(15)16)26-32(3)68-51)34(5)46(35(6)50(63)71-42)72-43-29-54(12,66-17)49(36(7)69-43)70-37(8)60/h19-24,27,30-36,41-49,51,61-62,65H,18,25-26,28-29H2,1-17H3,(H,58,64)/b22-21-/t31-,32-,33-,34+,35-,36+,41+,42+,43?,44?,45-,46+,47-,48-,49+,51+,54-,55+,56-/m1/s1. The van der Waals surface area contributed by atoms with Crippen LogP contribution in [0.2, 0.25) is 0 Å². The number of cyclic esters (lactones) is 1. The second kappa shape index (κ2) is 25.1. The maximum absolute atomic E-state index is 14.9. The zero-order valence-electron chi connectivity index (χ0n) is 47.0. The van der Waals surface area contributed by atoms with E-state index in [0.717, 1.165) is 16.5 Å². The van der Waals surface area contributed by atoms with Crippen LogP contribution in [0.4, 0.5) is 4.79 Å².